The third-order valence-electron chi connectivity index (χ3n) is 24.8. The molecule has 0 spiro atoms. The molecule has 0 bridgehead atoms. The summed E-state index contributed by atoms with van der Waals surface area (Å²) in [5.41, 5.74) is 24.1. The maximum absolute atomic E-state index is 12.5. The van der Waals surface area contributed by atoms with Crippen molar-refractivity contribution in [1.82, 2.24) is 0 Å². The molecule has 0 saturated carbocycles. The van der Waals surface area contributed by atoms with E-state index in [0.29, 0.717) is 79.7 Å². The SMILES string of the molecule is CC(C)(C)c1cc(Cc2ccc(N(CN(c3ccc(Cc4cc(C(C)(C)C)c(O)c(C(C)(C)C)c4)cc3)c3ccc(Cc4cc(C(C)(C)C)c(O)c(C(C)(C)C)c4)cc3Cc3cc(C(C)(C)C)c(O)c(C(C)(C)C)c3)c3ccc(Cc4cc(C(C)(C)C)c(O)c(C(C)(C)C)c4)cc3Cc3cc(C(C)(C)C)c(O)c(C(C)(C)C)c3)cc2)cc(C(C)(C)C)c1O. The molecule has 0 aromatic heterocycles. The highest BCUT2D eigenvalue weighted by molar-refractivity contribution is 5.75. The summed E-state index contributed by atoms with van der Waals surface area (Å²) in [6, 6.07) is 59.1. The quantitative estimate of drug-likeness (QED) is 0.0469. The highest BCUT2D eigenvalue weighted by atomic mass is 16.3. The summed E-state index contributed by atoms with van der Waals surface area (Å²) in [7, 11) is 0. The number of hydrogen-bond acceptors (Lipinski definition) is 8. The van der Waals surface area contributed by atoms with E-state index in [9.17, 15) is 30.6 Å². The van der Waals surface area contributed by atoms with Crippen molar-refractivity contribution in [2.24, 2.45) is 0 Å². The fraction of sp³-hybridized carbons (Fsp3) is 0.478. The van der Waals surface area contributed by atoms with Crippen LogP contribution in [0, 0.1) is 0 Å². The zero-order chi connectivity index (χ0) is 92.1. The number of anilines is 4. The smallest absolute Gasteiger partial charge is 0.123 e. The Morgan fingerprint density at radius 2 is 0.317 bits per heavy atom. The summed E-state index contributed by atoms with van der Waals surface area (Å²) in [4.78, 5) is 5.03. The van der Waals surface area contributed by atoms with Crippen molar-refractivity contribution in [3.05, 3.63) is 291 Å². The summed E-state index contributed by atoms with van der Waals surface area (Å²) >= 11 is 0. The largest absolute Gasteiger partial charge is 0.507 e. The van der Waals surface area contributed by atoms with Crippen LogP contribution in [-0.4, -0.2) is 37.3 Å². The monoisotopic (exact) mass is 1660 g/mol. The van der Waals surface area contributed by atoms with Crippen LogP contribution in [0.1, 0.15) is 383 Å². The van der Waals surface area contributed by atoms with E-state index in [1.54, 1.807) is 0 Å². The highest BCUT2D eigenvalue weighted by Crippen LogP contribution is 2.50. The molecule has 123 heavy (non-hydrogen) atoms. The Hall–Kier alpha value is -9.40. The first-order chi connectivity index (χ1) is 56.0. The van der Waals surface area contributed by atoms with Gasteiger partial charge in [0, 0.05) is 22.7 Å². The van der Waals surface area contributed by atoms with Crippen LogP contribution in [0.15, 0.2) is 158 Å². The predicted octanol–water partition coefficient (Wildman–Crippen LogP) is 30.0. The van der Waals surface area contributed by atoms with Gasteiger partial charge in [0.25, 0.3) is 0 Å². The number of phenols is 6. The molecule has 8 heteroatoms. The highest BCUT2D eigenvalue weighted by Gasteiger charge is 2.36. The van der Waals surface area contributed by atoms with Crippen LogP contribution in [-0.2, 0) is 104 Å². The van der Waals surface area contributed by atoms with Gasteiger partial charge in [-0.05, 0) is 273 Å². The van der Waals surface area contributed by atoms with E-state index < -0.39 is 21.7 Å². The maximum atomic E-state index is 12.5. The van der Waals surface area contributed by atoms with Crippen molar-refractivity contribution in [3.63, 3.8) is 0 Å². The van der Waals surface area contributed by atoms with Gasteiger partial charge >= 0.3 is 0 Å². The van der Waals surface area contributed by atoms with Gasteiger partial charge in [0.05, 0.1) is 6.67 Å². The predicted molar refractivity (Wildman–Crippen MR) is 525 cm³/mol. The molecule has 0 fully saturated rings. The van der Waals surface area contributed by atoms with E-state index >= 15 is 0 Å². The summed E-state index contributed by atoms with van der Waals surface area (Å²) in [6.07, 6.45) is 3.53. The lowest BCUT2D eigenvalue weighted by Gasteiger charge is -2.36. The van der Waals surface area contributed by atoms with Crippen molar-refractivity contribution in [3.8, 4) is 34.5 Å². The molecule has 8 nitrogen and oxygen atoms in total. The number of nitrogens with zero attached hydrogens (tertiary/aromatic N) is 2. The third kappa shape index (κ3) is 22.3. The second kappa shape index (κ2) is 33.8. The Bertz CT molecular complexity index is 4970. The first-order valence-electron chi connectivity index (χ1n) is 45.2. The number of aromatic hydroxyl groups is 6. The lowest BCUT2D eigenvalue weighted by atomic mass is 9.77. The van der Waals surface area contributed by atoms with Crippen molar-refractivity contribution in [1.29, 1.82) is 0 Å². The van der Waals surface area contributed by atoms with E-state index in [1.165, 1.54) is 0 Å². The van der Waals surface area contributed by atoms with Gasteiger partial charge in [-0.15, -0.1) is 0 Å². The second-order valence-electron chi connectivity index (χ2n) is 48.6. The first kappa shape index (κ1) is 95.8. The van der Waals surface area contributed by atoms with Crippen molar-refractivity contribution in [2.45, 2.75) is 353 Å². The van der Waals surface area contributed by atoms with E-state index in [0.717, 1.165) is 156 Å². The van der Waals surface area contributed by atoms with Crippen LogP contribution in [0.25, 0.3) is 0 Å². The van der Waals surface area contributed by atoms with E-state index in [1.807, 2.05) is 0 Å². The van der Waals surface area contributed by atoms with Crippen LogP contribution >= 0.6 is 0 Å². The molecule has 0 amide bonds. The molecule has 10 aromatic carbocycles. The fourth-order valence-electron chi connectivity index (χ4n) is 17.7. The van der Waals surface area contributed by atoms with Gasteiger partial charge in [-0.3, -0.25) is 0 Å². The third-order valence-corrected chi connectivity index (χ3v) is 24.8. The molecule has 0 aliphatic heterocycles. The Kier molecular flexibility index (Phi) is 26.4. The molecule has 0 unspecified atom stereocenters. The zero-order valence-corrected chi connectivity index (χ0v) is 82.5. The Morgan fingerprint density at radius 3 is 0.480 bits per heavy atom. The molecule has 10 rings (SSSR count). The normalized spacial score (nSPS) is 13.3. The van der Waals surface area contributed by atoms with Gasteiger partial charge < -0.3 is 40.4 Å². The topological polar surface area (TPSA) is 128 Å². The number of hydrogen-bond donors (Lipinski definition) is 6. The van der Waals surface area contributed by atoms with E-state index in [-0.39, 0.29) is 43.3 Å². The molecule has 0 aliphatic carbocycles. The standard InChI is InChI=1S/C115H154N2O6/c1-104(2,3)84-57-74(58-85(98(84)118)105(4,5)6)49-70-37-43-82(44-38-70)116(96-47-41-72(51-76-61-88(108(13,14)15)100(120)89(62-76)109(16,17)18)53-80(96)55-78-65-92(112(25,26)27)102(122)93(66-78)113(28,29)30)69-117(83-45-39-71(40-46-83)50-75-59-86(106(7,8)9)99(119)87(60-75)107(10,11)12)97-48-42-73(52-77-63-90(110(19,20)21)101(121)91(64-77)111(22,23)24)54-81(97)56-79-67-94(114(31,32)33)103(123)95(68-79)115(34,35)36/h37-48,53-54,57-68,118-123H,49-52,55-56,69H2,1-36H3. The maximum Gasteiger partial charge on any atom is 0.123 e. The van der Waals surface area contributed by atoms with Gasteiger partial charge in [-0.1, -0.05) is 371 Å². The van der Waals surface area contributed by atoms with Crippen molar-refractivity contribution < 1.29 is 30.6 Å². The van der Waals surface area contributed by atoms with Crippen LogP contribution in [0.4, 0.5) is 22.7 Å². The lowest BCUT2D eigenvalue weighted by molar-refractivity contribution is 0.422. The van der Waals surface area contributed by atoms with Crippen LogP contribution in [0.2, 0.25) is 0 Å². The number of benzene rings is 10. The van der Waals surface area contributed by atoms with Gasteiger partial charge in [0.2, 0.25) is 0 Å². The van der Waals surface area contributed by atoms with Gasteiger partial charge in [0.1, 0.15) is 34.5 Å². The minimum atomic E-state index is -0.397. The minimum Gasteiger partial charge on any atom is -0.507 e. The number of phenolic OH excluding ortho intramolecular Hbond substituents is 6. The summed E-state index contributed by atoms with van der Waals surface area (Å²) in [5.74, 6) is 2.11. The number of rotatable bonds is 18. The molecule has 0 radical (unpaired) electrons. The summed E-state index contributed by atoms with van der Waals surface area (Å²) in [6.45, 7) is 78.9. The minimum absolute atomic E-state index is 0.311. The molecule has 6 N–H and O–H groups in total. The van der Waals surface area contributed by atoms with Gasteiger partial charge in [-0.25, -0.2) is 0 Å². The molecular formula is C115H154N2O6. The Balaban J connectivity index is 1.32. The van der Waals surface area contributed by atoms with E-state index in [2.05, 4.69) is 417 Å². The van der Waals surface area contributed by atoms with Gasteiger partial charge in [0.15, 0.2) is 0 Å². The molecule has 660 valence electrons. The lowest BCUT2D eigenvalue weighted by Crippen LogP contribution is -2.33. The average Bonchev–Trinajstić information content (AvgIpc) is 0.771. The zero-order valence-electron chi connectivity index (χ0n) is 82.5. The molecular weight excluding hydrogens is 1510 g/mol. The van der Waals surface area contributed by atoms with Crippen LogP contribution < -0.4 is 9.80 Å². The van der Waals surface area contributed by atoms with E-state index in [4.69, 9.17) is 0 Å². The van der Waals surface area contributed by atoms with Crippen LogP contribution in [0.3, 0.4) is 0 Å². The Labute approximate surface area is 743 Å². The second-order valence-corrected chi connectivity index (χ2v) is 48.6. The summed E-state index contributed by atoms with van der Waals surface area (Å²) in [5, 5.41) is 73.4. The summed E-state index contributed by atoms with van der Waals surface area (Å²) < 4.78 is 0. The molecule has 10 aromatic rings. The average molecular weight is 1660 g/mol. The molecule has 0 atom stereocenters. The van der Waals surface area contributed by atoms with Gasteiger partial charge in [-0.2, -0.15) is 0 Å². The van der Waals surface area contributed by atoms with Crippen LogP contribution in [0.5, 0.6) is 34.5 Å². The fourth-order valence-corrected chi connectivity index (χ4v) is 17.7. The molecule has 0 saturated heterocycles. The molecule has 0 heterocycles. The van der Waals surface area contributed by atoms with Crippen molar-refractivity contribution >= 4 is 22.7 Å². The molecule has 0 aliphatic rings. The first-order valence-corrected chi connectivity index (χ1v) is 45.2. The Morgan fingerprint density at radius 1 is 0.171 bits per heavy atom. The van der Waals surface area contributed by atoms with Crippen molar-refractivity contribution in [2.75, 3.05) is 16.5 Å².